The number of alkyl halides is 2. The van der Waals surface area contributed by atoms with E-state index < -0.39 is 11.9 Å². The molecule has 0 bridgehead atoms. The third kappa shape index (κ3) is 2.03. The summed E-state index contributed by atoms with van der Waals surface area (Å²) in [5.41, 5.74) is -0.774. The van der Waals surface area contributed by atoms with Gasteiger partial charge in [0, 0.05) is 6.07 Å². The van der Waals surface area contributed by atoms with Crippen LogP contribution in [-0.2, 0) is 0 Å². The molecule has 0 aliphatic carbocycles. The summed E-state index contributed by atoms with van der Waals surface area (Å²) < 4.78 is 24.8. The Morgan fingerprint density at radius 2 is 2.17 bits per heavy atom. The van der Waals surface area contributed by atoms with Crippen molar-refractivity contribution < 1.29 is 8.78 Å². The summed E-state index contributed by atoms with van der Waals surface area (Å²) in [7, 11) is 0. The lowest BCUT2D eigenvalue weighted by Crippen LogP contribution is -2.08. The molecule has 0 fully saturated rings. The lowest BCUT2D eigenvalue weighted by Gasteiger charge is -2.01. The third-order valence-corrected chi connectivity index (χ3v) is 3.59. The monoisotopic (exact) mass is 349 g/mol. The van der Waals surface area contributed by atoms with Gasteiger partial charge in [0.1, 0.15) is 0 Å². The van der Waals surface area contributed by atoms with Crippen molar-refractivity contribution in [2.24, 2.45) is 0 Å². The first-order chi connectivity index (χ1) is 5.52. The van der Waals surface area contributed by atoms with Gasteiger partial charge < -0.3 is 4.98 Å². The van der Waals surface area contributed by atoms with Crippen molar-refractivity contribution in [1.29, 1.82) is 0 Å². The molecule has 0 saturated carbocycles. The highest BCUT2D eigenvalue weighted by atomic mass is 127. The maximum Gasteiger partial charge on any atom is 0.278 e. The van der Waals surface area contributed by atoms with Crippen LogP contribution in [0.15, 0.2) is 15.5 Å². The van der Waals surface area contributed by atoms with Crippen LogP contribution in [0.1, 0.15) is 12.1 Å². The molecular formula is C6H3BrF2INO. The van der Waals surface area contributed by atoms with E-state index in [9.17, 15) is 13.6 Å². The molecule has 0 spiro atoms. The standard InChI is InChI=1S/C6H3BrF2INO/c7-5-4(10)3(12)1-2(11-5)6(8)9/h1,6H,(H,11,12). The predicted octanol–water partition coefficient (Wildman–Crippen LogP) is 2.68. The van der Waals surface area contributed by atoms with E-state index in [-0.39, 0.29) is 5.69 Å². The minimum Gasteiger partial charge on any atom is -0.347 e. The Hall–Kier alpha value is 0.0200. The molecule has 1 rings (SSSR count). The number of pyridine rings is 1. The Morgan fingerprint density at radius 1 is 1.58 bits per heavy atom. The highest BCUT2D eigenvalue weighted by Gasteiger charge is 2.11. The van der Waals surface area contributed by atoms with Gasteiger partial charge in [-0.25, -0.2) is 8.78 Å². The lowest BCUT2D eigenvalue weighted by molar-refractivity contribution is 0.145. The van der Waals surface area contributed by atoms with Gasteiger partial charge in [0.15, 0.2) is 5.43 Å². The largest absolute Gasteiger partial charge is 0.347 e. The molecule has 0 saturated heterocycles. The van der Waals surface area contributed by atoms with Crippen LogP contribution in [0.2, 0.25) is 0 Å². The lowest BCUT2D eigenvalue weighted by atomic mass is 10.3. The van der Waals surface area contributed by atoms with Crippen LogP contribution in [0.4, 0.5) is 8.78 Å². The molecule has 1 aromatic rings. The summed E-state index contributed by atoms with van der Waals surface area (Å²) >= 11 is 4.74. The molecule has 1 N–H and O–H groups in total. The van der Waals surface area contributed by atoms with Gasteiger partial charge in [-0.05, 0) is 38.5 Å². The number of hydrogen-bond acceptors (Lipinski definition) is 1. The maximum atomic E-state index is 12.1. The summed E-state index contributed by atoms with van der Waals surface area (Å²) in [6, 6.07) is 0.900. The number of aromatic amines is 1. The zero-order valence-corrected chi connectivity index (χ0v) is 9.32. The number of hydrogen-bond donors (Lipinski definition) is 1. The Labute approximate surface area is 88.6 Å². The van der Waals surface area contributed by atoms with Crippen molar-refractivity contribution in [3.8, 4) is 0 Å². The van der Waals surface area contributed by atoms with Gasteiger partial charge in [-0.2, -0.15) is 0 Å². The zero-order chi connectivity index (χ0) is 9.30. The van der Waals surface area contributed by atoms with Crippen LogP contribution in [0.25, 0.3) is 0 Å². The van der Waals surface area contributed by atoms with Crippen molar-refractivity contribution in [2.45, 2.75) is 6.43 Å². The molecule has 0 aliphatic heterocycles. The number of rotatable bonds is 1. The van der Waals surface area contributed by atoms with Crippen LogP contribution in [-0.4, -0.2) is 4.98 Å². The smallest absolute Gasteiger partial charge is 0.278 e. The molecule has 1 aromatic heterocycles. The second-order valence-electron chi connectivity index (χ2n) is 2.02. The van der Waals surface area contributed by atoms with Crippen molar-refractivity contribution in [3.63, 3.8) is 0 Å². The first-order valence-corrected chi connectivity index (χ1v) is 4.76. The SMILES string of the molecule is O=c1cc(C(F)F)[nH]c(Br)c1I. The van der Waals surface area contributed by atoms with E-state index in [1.807, 2.05) is 0 Å². The molecule has 0 amide bonds. The number of halogens is 4. The van der Waals surface area contributed by atoms with Gasteiger partial charge in [-0.15, -0.1) is 0 Å². The number of H-pyrrole nitrogens is 1. The molecule has 0 unspecified atom stereocenters. The molecule has 66 valence electrons. The molecule has 6 heteroatoms. The van der Waals surface area contributed by atoms with Crippen molar-refractivity contribution in [1.82, 2.24) is 4.98 Å². The maximum absolute atomic E-state index is 12.1. The van der Waals surface area contributed by atoms with Crippen LogP contribution >= 0.6 is 38.5 Å². The normalized spacial score (nSPS) is 10.8. The quantitative estimate of drug-likeness (QED) is 0.613. The van der Waals surface area contributed by atoms with Gasteiger partial charge in [-0.3, -0.25) is 4.79 Å². The van der Waals surface area contributed by atoms with Crippen LogP contribution < -0.4 is 5.43 Å². The van der Waals surface area contributed by atoms with E-state index in [1.165, 1.54) is 0 Å². The Balaban J connectivity index is 3.31. The molecule has 0 atom stereocenters. The van der Waals surface area contributed by atoms with Crippen LogP contribution in [0, 0.1) is 3.57 Å². The molecule has 0 aliphatic rings. The van der Waals surface area contributed by atoms with Gasteiger partial charge >= 0.3 is 0 Å². The van der Waals surface area contributed by atoms with Gasteiger partial charge in [0.25, 0.3) is 6.43 Å². The van der Waals surface area contributed by atoms with E-state index in [4.69, 9.17) is 0 Å². The number of nitrogens with one attached hydrogen (secondary N) is 1. The van der Waals surface area contributed by atoms with Crippen molar-refractivity contribution in [2.75, 3.05) is 0 Å². The van der Waals surface area contributed by atoms with E-state index in [0.717, 1.165) is 6.07 Å². The fraction of sp³-hybridized carbons (Fsp3) is 0.167. The predicted molar refractivity (Wildman–Crippen MR) is 52.4 cm³/mol. The highest BCUT2D eigenvalue weighted by Crippen LogP contribution is 2.19. The fourth-order valence-electron chi connectivity index (χ4n) is 0.648. The minimum atomic E-state index is -2.65. The minimum absolute atomic E-state index is 0.297. The van der Waals surface area contributed by atoms with Crippen LogP contribution in [0.3, 0.4) is 0 Å². The Morgan fingerprint density at radius 3 is 2.58 bits per heavy atom. The molecule has 0 radical (unpaired) electrons. The summed E-state index contributed by atoms with van der Waals surface area (Å²) in [5.74, 6) is 0. The number of aromatic nitrogens is 1. The average molecular weight is 350 g/mol. The summed E-state index contributed by atoms with van der Waals surface area (Å²) in [5, 5.41) is 0. The Kier molecular flexibility index (Phi) is 3.22. The molecule has 12 heavy (non-hydrogen) atoms. The van der Waals surface area contributed by atoms with E-state index >= 15 is 0 Å². The van der Waals surface area contributed by atoms with Gasteiger partial charge in [-0.1, -0.05) is 0 Å². The highest BCUT2D eigenvalue weighted by molar-refractivity contribution is 14.1. The van der Waals surface area contributed by atoms with E-state index in [0.29, 0.717) is 8.17 Å². The zero-order valence-electron chi connectivity index (χ0n) is 5.57. The molecule has 1 heterocycles. The molecule has 2 nitrogen and oxygen atoms in total. The second-order valence-corrected chi connectivity index (χ2v) is 3.89. The van der Waals surface area contributed by atoms with Crippen LogP contribution in [0.5, 0.6) is 0 Å². The van der Waals surface area contributed by atoms with E-state index in [2.05, 4.69) is 20.9 Å². The topological polar surface area (TPSA) is 32.9 Å². The first-order valence-electron chi connectivity index (χ1n) is 2.88. The summed E-state index contributed by atoms with van der Waals surface area (Å²) in [6.07, 6.45) is -2.65. The summed E-state index contributed by atoms with van der Waals surface area (Å²) in [6.45, 7) is 0. The van der Waals surface area contributed by atoms with Crippen molar-refractivity contribution in [3.05, 3.63) is 30.2 Å². The van der Waals surface area contributed by atoms with E-state index in [1.54, 1.807) is 22.6 Å². The molecule has 0 aromatic carbocycles. The van der Waals surface area contributed by atoms with Crippen molar-refractivity contribution >= 4 is 38.5 Å². The first kappa shape index (κ1) is 10.1. The average Bonchev–Trinajstić information content (AvgIpc) is 1.99. The van der Waals surface area contributed by atoms with Gasteiger partial charge in [0.2, 0.25) is 0 Å². The third-order valence-electron chi connectivity index (χ3n) is 1.18. The second kappa shape index (κ2) is 3.82. The summed E-state index contributed by atoms with van der Waals surface area (Å²) in [4.78, 5) is 13.3. The van der Waals surface area contributed by atoms with Gasteiger partial charge in [0.05, 0.1) is 13.9 Å². The Bertz CT molecular complexity index is 352. The molecular weight excluding hydrogens is 347 g/mol. The fourth-order valence-corrected chi connectivity index (χ4v) is 1.36.